The van der Waals surface area contributed by atoms with Gasteiger partial charge in [-0.1, -0.05) is 23.7 Å². The van der Waals surface area contributed by atoms with Crippen molar-refractivity contribution in [3.63, 3.8) is 0 Å². The van der Waals surface area contributed by atoms with E-state index >= 15 is 0 Å². The monoisotopic (exact) mass is 341 g/mol. The van der Waals surface area contributed by atoms with Crippen molar-refractivity contribution < 1.29 is 4.39 Å². The first-order chi connectivity index (χ1) is 11.6. The number of hydrogen-bond donors (Lipinski definition) is 2. The summed E-state index contributed by atoms with van der Waals surface area (Å²) >= 11 is 5.95. The van der Waals surface area contributed by atoms with E-state index in [0.717, 1.165) is 5.69 Å². The first kappa shape index (κ1) is 14.7. The predicted octanol–water partition coefficient (Wildman–Crippen LogP) is 4.14. The summed E-state index contributed by atoms with van der Waals surface area (Å²) in [4.78, 5) is 3.55. The predicted molar refractivity (Wildman–Crippen MR) is 92.8 cm³/mol. The molecule has 1 aliphatic rings. The molecule has 2 aromatic carbocycles. The zero-order chi connectivity index (χ0) is 16.7. The van der Waals surface area contributed by atoms with Crippen LogP contribution in [0, 0.1) is 11.2 Å². The lowest BCUT2D eigenvalue weighted by Gasteiger charge is -2.37. The van der Waals surface area contributed by atoms with Crippen molar-refractivity contribution in [3.8, 4) is 0 Å². The van der Waals surface area contributed by atoms with E-state index in [2.05, 4.69) is 10.2 Å². The molecule has 5 nitrogen and oxygen atoms in total. The van der Waals surface area contributed by atoms with Gasteiger partial charge in [0.1, 0.15) is 24.1 Å². The third-order valence-electron chi connectivity index (χ3n) is 3.98. The van der Waals surface area contributed by atoms with E-state index in [4.69, 9.17) is 17.0 Å². The molecule has 24 heavy (non-hydrogen) atoms. The highest BCUT2D eigenvalue weighted by atomic mass is 35.5. The first-order valence-electron chi connectivity index (χ1n) is 7.32. The molecule has 0 saturated carbocycles. The molecular weight excluding hydrogens is 329 g/mol. The van der Waals surface area contributed by atoms with Crippen LogP contribution in [0.3, 0.4) is 0 Å². The molecule has 0 fully saturated rings. The third kappa shape index (κ3) is 2.32. The molecule has 7 heteroatoms. The zero-order valence-electron chi connectivity index (χ0n) is 12.5. The molecule has 4 rings (SSSR count). The maximum absolute atomic E-state index is 14.3. The van der Waals surface area contributed by atoms with Crippen molar-refractivity contribution in [2.75, 3.05) is 16.5 Å². The Bertz CT molecular complexity index is 905. The number of nitrogens with one attached hydrogen (secondary N) is 2. The van der Waals surface area contributed by atoms with Crippen LogP contribution in [0.5, 0.6) is 0 Å². The Labute approximate surface area is 142 Å². The van der Waals surface area contributed by atoms with E-state index in [0.29, 0.717) is 27.9 Å². The van der Waals surface area contributed by atoms with E-state index < -0.39 is 0 Å². The smallest absolute Gasteiger partial charge is 0.146 e. The molecule has 120 valence electrons. The van der Waals surface area contributed by atoms with Gasteiger partial charge in [0.05, 0.1) is 17.4 Å². The molecule has 0 bridgehead atoms. The Morgan fingerprint density at radius 1 is 1.08 bits per heavy atom. The van der Waals surface area contributed by atoms with Crippen molar-refractivity contribution in [1.29, 1.82) is 5.41 Å². The fraction of sp³-hybridized carbons (Fsp3) is 0.0588. The second-order valence-electron chi connectivity index (χ2n) is 5.41. The van der Waals surface area contributed by atoms with Crippen molar-refractivity contribution in [2.24, 2.45) is 0 Å². The van der Waals surface area contributed by atoms with Crippen molar-refractivity contribution in [3.05, 3.63) is 71.1 Å². The molecule has 0 amide bonds. The zero-order valence-corrected chi connectivity index (χ0v) is 13.3. The largest absolute Gasteiger partial charge is 0.308 e. The number of anilines is 3. The van der Waals surface area contributed by atoms with Crippen LogP contribution in [0.4, 0.5) is 21.6 Å². The molecular formula is C17H13ClFN5. The molecule has 0 aliphatic carbocycles. The average molecular weight is 342 g/mol. The number of aromatic nitrogens is 2. The molecule has 1 aromatic heterocycles. The van der Waals surface area contributed by atoms with E-state index in [1.807, 2.05) is 12.1 Å². The van der Waals surface area contributed by atoms with Crippen molar-refractivity contribution in [2.45, 2.75) is 0 Å². The van der Waals surface area contributed by atoms with Crippen molar-refractivity contribution in [1.82, 2.24) is 10.2 Å². The number of amidine groups is 1. The van der Waals surface area contributed by atoms with Gasteiger partial charge in [-0.15, -0.1) is 0 Å². The van der Waals surface area contributed by atoms with E-state index in [1.54, 1.807) is 46.3 Å². The number of halogens is 2. The van der Waals surface area contributed by atoms with Gasteiger partial charge >= 0.3 is 0 Å². The Balaban J connectivity index is 1.82. The van der Waals surface area contributed by atoms with Crippen LogP contribution in [0.1, 0.15) is 5.56 Å². The van der Waals surface area contributed by atoms with Gasteiger partial charge in [-0.3, -0.25) is 10.5 Å². The summed E-state index contributed by atoms with van der Waals surface area (Å²) in [6, 6.07) is 13.7. The quantitative estimate of drug-likeness (QED) is 0.736. The molecule has 0 spiro atoms. The second-order valence-corrected chi connectivity index (χ2v) is 5.84. The van der Waals surface area contributed by atoms with Crippen molar-refractivity contribution >= 4 is 34.6 Å². The molecule has 0 unspecified atom stereocenters. The normalized spacial score (nSPS) is 14.0. The molecule has 2 N–H and O–H groups in total. The Morgan fingerprint density at radius 2 is 1.83 bits per heavy atom. The third-order valence-corrected chi connectivity index (χ3v) is 4.23. The number of benzene rings is 2. The standard InChI is InChI=1S/C17H13ClFN5/c18-11-5-7-12(8-6-11)23-10-24(15-4-2-1-3-14(15)19)17-13(16(23)20)9-21-22-17/h1-9,20H,10H2,(H,21,22). The Kier molecular flexibility index (Phi) is 3.46. The van der Waals surface area contributed by atoms with Gasteiger partial charge < -0.3 is 9.80 Å². The van der Waals surface area contributed by atoms with Gasteiger partial charge in [-0.2, -0.15) is 5.10 Å². The lowest BCUT2D eigenvalue weighted by Crippen LogP contribution is -2.45. The fourth-order valence-corrected chi connectivity index (χ4v) is 2.91. The molecule has 0 atom stereocenters. The Morgan fingerprint density at radius 3 is 2.58 bits per heavy atom. The highest BCUT2D eigenvalue weighted by molar-refractivity contribution is 6.30. The summed E-state index contributed by atoms with van der Waals surface area (Å²) in [5.74, 6) is 0.575. The number of nitrogens with zero attached hydrogens (tertiary/aromatic N) is 3. The number of H-pyrrole nitrogens is 1. The van der Waals surface area contributed by atoms with Crippen LogP contribution in [0.15, 0.2) is 54.7 Å². The topological polar surface area (TPSA) is 59.0 Å². The van der Waals surface area contributed by atoms with Crippen LogP contribution < -0.4 is 9.80 Å². The molecule has 0 radical (unpaired) electrons. The summed E-state index contributed by atoms with van der Waals surface area (Å²) in [6.45, 7) is 0.288. The van der Waals surface area contributed by atoms with Crippen LogP contribution in [0.25, 0.3) is 0 Å². The van der Waals surface area contributed by atoms with Gasteiger partial charge in [0.15, 0.2) is 0 Å². The summed E-state index contributed by atoms with van der Waals surface area (Å²) in [7, 11) is 0. The maximum Gasteiger partial charge on any atom is 0.146 e. The van der Waals surface area contributed by atoms with Crippen LogP contribution in [-0.4, -0.2) is 22.7 Å². The number of hydrogen-bond acceptors (Lipinski definition) is 3. The van der Waals surface area contributed by atoms with Gasteiger partial charge in [-0.05, 0) is 36.4 Å². The number of fused-ring (bicyclic) bond motifs is 1. The average Bonchev–Trinajstić information content (AvgIpc) is 3.08. The SMILES string of the molecule is N=C1c2cn[nH]c2N(c2ccccc2F)CN1c1ccc(Cl)cc1. The summed E-state index contributed by atoms with van der Waals surface area (Å²) in [5.41, 5.74) is 1.84. The Hall–Kier alpha value is -2.86. The minimum Gasteiger partial charge on any atom is -0.308 e. The lowest BCUT2D eigenvalue weighted by molar-refractivity contribution is 0.624. The van der Waals surface area contributed by atoms with Crippen LogP contribution in [0.2, 0.25) is 5.02 Å². The minimum absolute atomic E-state index is 0.288. The number of aromatic amines is 1. The molecule has 3 aromatic rings. The maximum atomic E-state index is 14.3. The minimum atomic E-state index is -0.331. The van der Waals surface area contributed by atoms with Gasteiger partial charge in [0, 0.05) is 10.7 Å². The highest BCUT2D eigenvalue weighted by Crippen LogP contribution is 2.35. The van der Waals surface area contributed by atoms with Crippen LogP contribution in [-0.2, 0) is 0 Å². The van der Waals surface area contributed by atoms with E-state index in [9.17, 15) is 4.39 Å². The van der Waals surface area contributed by atoms with Crippen LogP contribution >= 0.6 is 11.6 Å². The van der Waals surface area contributed by atoms with E-state index in [-0.39, 0.29) is 12.5 Å². The van der Waals surface area contributed by atoms with Gasteiger partial charge in [0.2, 0.25) is 0 Å². The molecule has 0 saturated heterocycles. The number of rotatable bonds is 2. The summed E-state index contributed by atoms with van der Waals surface area (Å²) in [6.07, 6.45) is 1.58. The summed E-state index contributed by atoms with van der Waals surface area (Å²) in [5, 5.41) is 16.0. The van der Waals surface area contributed by atoms with E-state index in [1.165, 1.54) is 6.07 Å². The molecule has 2 heterocycles. The summed E-state index contributed by atoms with van der Waals surface area (Å²) < 4.78 is 14.3. The molecule has 1 aliphatic heterocycles. The highest BCUT2D eigenvalue weighted by Gasteiger charge is 2.31. The number of para-hydroxylation sites is 1. The van der Waals surface area contributed by atoms with Gasteiger partial charge in [0.25, 0.3) is 0 Å². The lowest BCUT2D eigenvalue weighted by atomic mass is 10.1. The fourth-order valence-electron chi connectivity index (χ4n) is 2.79. The van der Waals surface area contributed by atoms with Gasteiger partial charge in [-0.25, -0.2) is 4.39 Å². The first-order valence-corrected chi connectivity index (χ1v) is 7.70. The second kappa shape index (κ2) is 5.65.